The molecule has 3 heterocycles. The van der Waals surface area contributed by atoms with Gasteiger partial charge in [-0.1, -0.05) is 30.3 Å². The van der Waals surface area contributed by atoms with E-state index in [1.807, 2.05) is 30.3 Å². The Kier molecular flexibility index (Phi) is 4.77. The molecule has 3 aliphatic heterocycles. The Bertz CT molecular complexity index is 588. The summed E-state index contributed by atoms with van der Waals surface area (Å²) in [5.41, 5.74) is 0.807. The van der Waals surface area contributed by atoms with E-state index >= 15 is 0 Å². The molecule has 6 atom stereocenters. The lowest BCUT2D eigenvalue weighted by Gasteiger charge is -2.45. The van der Waals surface area contributed by atoms with Crippen LogP contribution in [0.3, 0.4) is 0 Å². The molecule has 0 saturated carbocycles. The maximum absolute atomic E-state index is 12.5. The van der Waals surface area contributed by atoms with Crippen molar-refractivity contribution in [2.45, 2.75) is 49.2 Å². The molecule has 5 nitrogen and oxygen atoms in total. The fourth-order valence-electron chi connectivity index (χ4n) is 4.55. The van der Waals surface area contributed by atoms with E-state index in [0.29, 0.717) is 24.3 Å². The Morgan fingerprint density at radius 1 is 1.25 bits per heavy atom. The van der Waals surface area contributed by atoms with E-state index in [9.17, 15) is 9.90 Å². The quantitative estimate of drug-likeness (QED) is 0.365. The molecule has 4 rings (SSSR count). The SMILES string of the molecule is C[N+]1(C)C2CC(OC(=O)[C@H](CO)c3ccccc3)CC1[C@H]1OC21.[Br-]. The average Bonchev–Trinajstić information content (AvgIpc) is 3.27. The van der Waals surface area contributed by atoms with Gasteiger partial charge < -0.3 is 36.0 Å². The van der Waals surface area contributed by atoms with Crippen LogP contribution in [0.25, 0.3) is 0 Å². The number of hydrogen-bond acceptors (Lipinski definition) is 4. The number of nitrogens with zero attached hydrogens (tertiary/aromatic N) is 1. The molecular weight excluding hydrogens is 374 g/mol. The van der Waals surface area contributed by atoms with Crippen LogP contribution < -0.4 is 17.0 Å². The van der Waals surface area contributed by atoms with Crippen LogP contribution in [0.1, 0.15) is 24.3 Å². The Balaban J connectivity index is 0.00000169. The third-order valence-corrected chi connectivity index (χ3v) is 5.99. The van der Waals surface area contributed by atoms with E-state index in [1.54, 1.807) is 0 Å². The van der Waals surface area contributed by atoms with E-state index in [2.05, 4.69) is 14.1 Å². The molecule has 1 aromatic carbocycles. The van der Waals surface area contributed by atoms with Crippen molar-refractivity contribution < 1.29 is 40.8 Å². The van der Waals surface area contributed by atoms with Crippen molar-refractivity contribution in [2.75, 3.05) is 20.7 Å². The van der Waals surface area contributed by atoms with E-state index in [-0.39, 0.29) is 35.7 Å². The number of likely N-dealkylation sites (N-methyl/N-ethyl adjacent to an activating group) is 1. The molecule has 24 heavy (non-hydrogen) atoms. The number of ether oxygens (including phenoxy) is 2. The first-order chi connectivity index (χ1) is 11.0. The second-order valence-electron chi connectivity index (χ2n) is 7.51. The molecule has 3 fully saturated rings. The summed E-state index contributed by atoms with van der Waals surface area (Å²) in [6.07, 6.45) is 2.34. The van der Waals surface area contributed by atoms with E-state index in [0.717, 1.165) is 22.9 Å². The van der Waals surface area contributed by atoms with Crippen molar-refractivity contribution >= 4 is 5.97 Å². The standard InChI is InChI=1S/C18H24NO4.BrH/c1-19(2)14-8-12(9-15(19)17-16(14)23-17)22-18(21)13(10-20)11-6-4-3-5-7-11;/h3-7,12-17,20H,8-10H2,1-2H3;1H/q+1;/p-1/t12?,13-,14?,15?,16-,17?;/m1./s1. The summed E-state index contributed by atoms with van der Waals surface area (Å²) in [4.78, 5) is 12.5. The Morgan fingerprint density at radius 3 is 2.38 bits per heavy atom. The van der Waals surface area contributed by atoms with Crippen molar-refractivity contribution in [3.05, 3.63) is 35.9 Å². The minimum Gasteiger partial charge on any atom is -1.00 e. The average molecular weight is 398 g/mol. The van der Waals surface area contributed by atoms with Crippen LogP contribution in [-0.2, 0) is 14.3 Å². The number of halogens is 1. The highest BCUT2D eigenvalue weighted by atomic mass is 79.9. The third-order valence-electron chi connectivity index (χ3n) is 5.99. The number of rotatable bonds is 4. The minimum absolute atomic E-state index is 0. The lowest BCUT2D eigenvalue weighted by molar-refractivity contribution is -0.938. The van der Waals surface area contributed by atoms with Gasteiger partial charge in [-0.25, -0.2) is 0 Å². The van der Waals surface area contributed by atoms with E-state index in [1.165, 1.54) is 0 Å². The first kappa shape index (κ1) is 17.9. The van der Waals surface area contributed by atoms with Gasteiger partial charge in [-0.15, -0.1) is 0 Å². The fraction of sp³-hybridized carbons (Fsp3) is 0.611. The zero-order valence-corrected chi connectivity index (χ0v) is 15.6. The maximum Gasteiger partial charge on any atom is 0.316 e. The Hall–Kier alpha value is -0.950. The van der Waals surface area contributed by atoms with Gasteiger partial charge in [-0.2, -0.15) is 0 Å². The molecule has 4 unspecified atom stereocenters. The molecule has 0 aromatic heterocycles. The van der Waals surface area contributed by atoms with Gasteiger partial charge in [0.15, 0.2) is 0 Å². The van der Waals surface area contributed by atoms with Crippen molar-refractivity contribution in [3.63, 3.8) is 0 Å². The fourth-order valence-corrected chi connectivity index (χ4v) is 4.55. The highest BCUT2D eigenvalue weighted by Crippen LogP contribution is 2.51. The second kappa shape index (κ2) is 6.41. The lowest BCUT2D eigenvalue weighted by Crippen LogP contribution is -3.00. The summed E-state index contributed by atoms with van der Waals surface area (Å²) in [5.74, 6) is -0.908. The van der Waals surface area contributed by atoms with E-state index in [4.69, 9.17) is 9.47 Å². The van der Waals surface area contributed by atoms with Gasteiger partial charge in [0.25, 0.3) is 0 Å². The van der Waals surface area contributed by atoms with Crippen molar-refractivity contribution in [2.24, 2.45) is 0 Å². The molecular formula is C18H24BrNO4. The van der Waals surface area contributed by atoms with Gasteiger partial charge in [0, 0.05) is 12.8 Å². The number of piperidine rings is 1. The summed E-state index contributed by atoms with van der Waals surface area (Å²) in [7, 11) is 4.51. The van der Waals surface area contributed by atoms with Crippen LogP contribution in [-0.4, -0.2) is 66.7 Å². The number of carbonyl (C=O) groups is 1. The zero-order chi connectivity index (χ0) is 16.2. The molecule has 3 saturated heterocycles. The van der Waals surface area contributed by atoms with E-state index < -0.39 is 5.92 Å². The van der Waals surface area contributed by atoms with Gasteiger partial charge in [-0.3, -0.25) is 4.79 Å². The van der Waals surface area contributed by atoms with Crippen LogP contribution in [0.2, 0.25) is 0 Å². The molecule has 0 amide bonds. The highest BCUT2D eigenvalue weighted by Gasteiger charge is 2.70. The number of fused-ring (bicyclic) bond motifs is 5. The molecule has 0 aliphatic carbocycles. The van der Waals surface area contributed by atoms with Crippen LogP contribution >= 0.6 is 0 Å². The first-order valence-corrected chi connectivity index (χ1v) is 8.37. The van der Waals surface area contributed by atoms with Crippen molar-refractivity contribution in [3.8, 4) is 0 Å². The lowest BCUT2D eigenvalue weighted by atomic mass is 9.95. The largest absolute Gasteiger partial charge is 1.00 e. The summed E-state index contributed by atoms with van der Waals surface area (Å²) >= 11 is 0. The number of aliphatic hydroxyl groups is 1. The predicted molar refractivity (Wildman–Crippen MR) is 83.7 cm³/mol. The molecule has 132 valence electrons. The number of epoxide rings is 1. The molecule has 1 N–H and O–H groups in total. The number of hydrogen-bond donors (Lipinski definition) is 1. The monoisotopic (exact) mass is 397 g/mol. The van der Waals surface area contributed by atoms with Crippen LogP contribution in [0.15, 0.2) is 30.3 Å². The normalized spacial score (nSPS) is 36.2. The van der Waals surface area contributed by atoms with Gasteiger partial charge in [0.05, 0.1) is 20.7 Å². The highest BCUT2D eigenvalue weighted by molar-refractivity contribution is 5.78. The maximum atomic E-state index is 12.5. The van der Waals surface area contributed by atoms with Crippen LogP contribution in [0.4, 0.5) is 0 Å². The Labute approximate surface area is 152 Å². The van der Waals surface area contributed by atoms with Crippen molar-refractivity contribution in [1.82, 2.24) is 0 Å². The molecule has 3 aliphatic rings. The van der Waals surface area contributed by atoms with Crippen LogP contribution in [0, 0.1) is 0 Å². The number of morpholine rings is 1. The van der Waals surface area contributed by atoms with Crippen molar-refractivity contribution in [1.29, 1.82) is 0 Å². The summed E-state index contributed by atoms with van der Waals surface area (Å²) in [6.45, 7) is -0.224. The van der Waals surface area contributed by atoms with Gasteiger partial charge >= 0.3 is 5.97 Å². The zero-order valence-electron chi connectivity index (χ0n) is 14.0. The molecule has 6 heteroatoms. The molecule has 1 aromatic rings. The second-order valence-corrected chi connectivity index (χ2v) is 7.51. The number of benzene rings is 1. The Morgan fingerprint density at radius 2 is 1.83 bits per heavy atom. The van der Waals surface area contributed by atoms with Gasteiger partial charge in [0.1, 0.15) is 36.3 Å². The molecule has 0 radical (unpaired) electrons. The first-order valence-electron chi connectivity index (χ1n) is 8.37. The number of esters is 1. The van der Waals surface area contributed by atoms with Gasteiger partial charge in [-0.05, 0) is 5.56 Å². The number of carbonyl (C=O) groups excluding carboxylic acids is 1. The summed E-state index contributed by atoms with van der Waals surface area (Å²) in [6, 6.07) is 10.2. The van der Waals surface area contributed by atoms with Gasteiger partial charge in [0.2, 0.25) is 0 Å². The number of quaternary nitrogens is 1. The van der Waals surface area contributed by atoms with Crippen LogP contribution in [0.5, 0.6) is 0 Å². The predicted octanol–water partition coefficient (Wildman–Crippen LogP) is -1.93. The molecule has 2 bridgehead atoms. The topological polar surface area (TPSA) is 59.1 Å². The molecule has 0 spiro atoms. The minimum atomic E-state index is -0.593. The summed E-state index contributed by atoms with van der Waals surface area (Å²) < 4.78 is 12.5. The summed E-state index contributed by atoms with van der Waals surface area (Å²) in [5, 5.41) is 9.60. The number of aliphatic hydroxyl groups excluding tert-OH is 1. The smallest absolute Gasteiger partial charge is 0.316 e. The third kappa shape index (κ3) is 2.79.